The Morgan fingerprint density at radius 3 is 2.33 bits per heavy atom. The van der Waals surface area contributed by atoms with E-state index in [0.29, 0.717) is 6.26 Å². The minimum absolute atomic E-state index is 0.110. The Morgan fingerprint density at radius 2 is 2.00 bits per heavy atom. The maximum Gasteiger partial charge on any atom is 0.304 e. The van der Waals surface area contributed by atoms with Crippen LogP contribution in [0.5, 0.6) is 0 Å². The highest BCUT2D eigenvalue weighted by atomic mass is 19.3. The first kappa shape index (κ1) is 11.4. The molecular weight excluding hydrogens is 166 g/mol. The maximum absolute atomic E-state index is 11.4. The molecule has 0 saturated heterocycles. The van der Waals surface area contributed by atoms with Crippen molar-refractivity contribution in [2.75, 3.05) is 6.61 Å². The zero-order valence-electron chi connectivity index (χ0n) is 7.47. The summed E-state index contributed by atoms with van der Waals surface area (Å²) in [5.41, 5.74) is -0.347. The van der Waals surface area contributed by atoms with Gasteiger partial charge in [0.05, 0.1) is 6.10 Å². The van der Waals surface area contributed by atoms with Gasteiger partial charge in [-0.25, -0.2) is 0 Å². The average Bonchev–Trinajstić information content (AvgIpc) is 1.84. The van der Waals surface area contributed by atoms with Gasteiger partial charge < -0.3 is 9.84 Å². The minimum atomic E-state index is -1.89. The highest BCUT2D eigenvalue weighted by Gasteiger charge is 2.22. The van der Waals surface area contributed by atoms with E-state index in [1.165, 1.54) is 0 Å². The third-order valence-corrected chi connectivity index (χ3v) is 1.43. The Balaban J connectivity index is 3.73. The van der Waals surface area contributed by atoms with E-state index in [1.807, 2.05) is 0 Å². The fraction of sp³-hybridized carbons (Fsp3) is 0.750. The standard InChI is InChI=1S/C8H14F2O2/c1-8(2,3)6(11)4-12-5-7(9)10/h5-6,11H,4H2,1-3H3/t6-/m1/s1. The monoisotopic (exact) mass is 180 g/mol. The van der Waals surface area contributed by atoms with Gasteiger partial charge in [0.2, 0.25) is 0 Å². The van der Waals surface area contributed by atoms with E-state index in [-0.39, 0.29) is 12.0 Å². The molecule has 0 aliphatic heterocycles. The van der Waals surface area contributed by atoms with Crippen LogP contribution >= 0.6 is 0 Å². The molecule has 0 saturated carbocycles. The van der Waals surface area contributed by atoms with Crippen LogP contribution in [-0.2, 0) is 4.74 Å². The quantitative estimate of drug-likeness (QED) is 0.674. The van der Waals surface area contributed by atoms with E-state index in [9.17, 15) is 13.9 Å². The summed E-state index contributed by atoms with van der Waals surface area (Å²) in [6.45, 7) is 5.30. The summed E-state index contributed by atoms with van der Waals surface area (Å²) in [6.07, 6.45) is -2.29. The van der Waals surface area contributed by atoms with Crippen LogP contribution in [0.25, 0.3) is 0 Å². The van der Waals surface area contributed by atoms with Gasteiger partial charge in [-0.2, -0.15) is 8.78 Å². The Bertz CT molecular complexity index is 157. The van der Waals surface area contributed by atoms with Crippen LogP contribution < -0.4 is 0 Å². The summed E-state index contributed by atoms with van der Waals surface area (Å²) in [5, 5.41) is 9.30. The van der Waals surface area contributed by atoms with Gasteiger partial charge in [0.25, 0.3) is 0 Å². The number of ether oxygens (including phenoxy) is 1. The molecule has 0 aromatic heterocycles. The van der Waals surface area contributed by atoms with Crippen molar-refractivity contribution in [1.82, 2.24) is 0 Å². The van der Waals surface area contributed by atoms with E-state index in [0.717, 1.165) is 0 Å². The Morgan fingerprint density at radius 1 is 1.50 bits per heavy atom. The van der Waals surface area contributed by atoms with Crippen LogP contribution in [-0.4, -0.2) is 17.8 Å². The summed E-state index contributed by atoms with van der Waals surface area (Å²) in [7, 11) is 0. The number of aliphatic hydroxyl groups excluding tert-OH is 1. The van der Waals surface area contributed by atoms with E-state index >= 15 is 0 Å². The molecule has 72 valence electrons. The third kappa shape index (κ3) is 5.07. The van der Waals surface area contributed by atoms with Gasteiger partial charge in [-0.05, 0) is 5.41 Å². The Kier molecular flexibility index (Phi) is 4.17. The van der Waals surface area contributed by atoms with Crippen LogP contribution in [0.1, 0.15) is 20.8 Å². The van der Waals surface area contributed by atoms with Crippen molar-refractivity contribution < 1.29 is 18.6 Å². The van der Waals surface area contributed by atoms with E-state index in [2.05, 4.69) is 4.74 Å². The largest absolute Gasteiger partial charge is 0.493 e. The average molecular weight is 180 g/mol. The predicted molar refractivity (Wildman–Crippen MR) is 41.7 cm³/mol. The lowest BCUT2D eigenvalue weighted by Gasteiger charge is -2.24. The molecule has 0 amide bonds. The fourth-order valence-electron chi connectivity index (χ4n) is 0.452. The molecule has 2 nitrogen and oxygen atoms in total. The van der Waals surface area contributed by atoms with Crippen LogP contribution in [0.3, 0.4) is 0 Å². The molecule has 0 unspecified atom stereocenters. The van der Waals surface area contributed by atoms with Crippen LogP contribution in [0.2, 0.25) is 0 Å². The summed E-state index contributed by atoms with van der Waals surface area (Å²) in [6, 6.07) is 0. The topological polar surface area (TPSA) is 29.5 Å². The number of hydrogen-bond acceptors (Lipinski definition) is 2. The lowest BCUT2D eigenvalue weighted by atomic mass is 9.90. The second-order valence-corrected chi connectivity index (χ2v) is 3.62. The smallest absolute Gasteiger partial charge is 0.304 e. The minimum Gasteiger partial charge on any atom is -0.493 e. The van der Waals surface area contributed by atoms with Gasteiger partial charge in [-0.3, -0.25) is 0 Å². The Hall–Kier alpha value is -0.640. The molecule has 0 aliphatic rings. The normalized spacial score (nSPS) is 13.8. The SMILES string of the molecule is CC(C)(C)[C@H](O)COC=C(F)F. The van der Waals surface area contributed by atoms with Crippen molar-refractivity contribution in [3.8, 4) is 0 Å². The predicted octanol–water partition coefficient (Wildman–Crippen LogP) is 2.15. The van der Waals surface area contributed by atoms with E-state index < -0.39 is 12.2 Å². The van der Waals surface area contributed by atoms with Gasteiger partial charge in [0.15, 0.2) is 0 Å². The number of rotatable bonds is 3. The van der Waals surface area contributed by atoms with Gasteiger partial charge in [-0.15, -0.1) is 0 Å². The molecule has 0 aliphatic carbocycles. The van der Waals surface area contributed by atoms with Crippen LogP contribution in [0.15, 0.2) is 12.3 Å². The molecule has 0 aromatic rings. The van der Waals surface area contributed by atoms with Gasteiger partial charge >= 0.3 is 6.08 Å². The second-order valence-electron chi connectivity index (χ2n) is 3.62. The van der Waals surface area contributed by atoms with Crippen molar-refractivity contribution in [3.05, 3.63) is 12.3 Å². The number of aliphatic hydroxyl groups is 1. The zero-order valence-corrected chi connectivity index (χ0v) is 7.47. The molecule has 0 radical (unpaired) electrons. The van der Waals surface area contributed by atoms with Crippen molar-refractivity contribution in [2.24, 2.45) is 5.41 Å². The fourth-order valence-corrected chi connectivity index (χ4v) is 0.452. The highest BCUT2D eigenvalue weighted by Crippen LogP contribution is 2.19. The maximum atomic E-state index is 11.4. The summed E-state index contributed by atoms with van der Waals surface area (Å²) in [4.78, 5) is 0. The molecule has 12 heavy (non-hydrogen) atoms. The summed E-state index contributed by atoms with van der Waals surface area (Å²) in [5.74, 6) is 0. The van der Waals surface area contributed by atoms with Crippen molar-refractivity contribution in [1.29, 1.82) is 0 Å². The molecular formula is C8H14F2O2. The van der Waals surface area contributed by atoms with Crippen molar-refractivity contribution in [2.45, 2.75) is 26.9 Å². The number of halogens is 2. The first-order chi connectivity index (χ1) is 5.34. The first-order valence-electron chi connectivity index (χ1n) is 3.65. The van der Waals surface area contributed by atoms with E-state index in [1.54, 1.807) is 20.8 Å². The van der Waals surface area contributed by atoms with Gasteiger partial charge in [0.1, 0.15) is 12.9 Å². The molecule has 0 aromatic carbocycles. The molecule has 1 atom stereocenters. The summed E-state index contributed by atoms with van der Waals surface area (Å²) >= 11 is 0. The van der Waals surface area contributed by atoms with Gasteiger partial charge in [0, 0.05) is 0 Å². The zero-order chi connectivity index (χ0) is 9.78. The number of hydrogen-bond donors (Lipinski definition) is 1. The van der Waals surface area contributed by atoms with Crippen molar-refractivity contribution in [3.63, 3.8) is 0 Å². The first-order valence-corrected chi connectivity index (χ1v) is 3.65. The van der Waals surface area contributed by atoms with Crippen LogP contribution in [0.4, 0.5) is 8.78 Å². The Labute approximate surface area is 70.8 Å². The highest BCUT2D eigenvalue weighted by molar-refractivity contribution is 4.75. The lowest BCUT2D eigenvalue weighted by molar-refractivity contribution is 0.00558. The second kappa shape index (κ2) is 4.40. The van der Waals surface area contributed by atoms with E-state index in [4.69, 9.17) is 0 Å². The molecule has 0 heterocycles. The molecule has 0 rings (SSSR count). The molecule has 0 fully saturated rings. The van der Waals surface area contributed by atoms with Crippen molar-refractivity contribution >= 4 is 0 Å². The molecule has 0 bridgehead atoms. The molecule has 0 spiro atoms. The third-order valence-electron chi connectivity index (χ3n) is 1.43. The van der Waals surface area contributed by atoms with Crippen LogP contribution in [0, 0.1) is 5.41 Å². The molecule has 4 heteroatoms. The summed E-state index contributed by atoms with van der Waals surface area (Å²) < 4.78 is 27.3. The molecule has 1 N–H and O–H groups in total. The lowest BCUT2D eigenvalue weighted by Crippen LogP contribution is -2.29. The van der Waals surface area contributed by atoms with Gasteiger partial charge in [-0.1, -0.05) is 20.8 Å².